The number of hydrogen-bond donors (Lipinski definition) is 1. The average molecular weight is 314 g/mol. The second-order valence-corrected chi connectivity index (χ2v) is 8.41. The topological polar surface area (TPSA) is 72.6 Å². The van der Waals surface area contributed by atoms with E-state index in [1.165, 1.54) is 4.31 Å². The number of nitrogens with zero attached hydrogens (tertiary/aromatic N) is 1. The van der Waals surface area contributed by atoms with Gasteiger partial charge in [-0.15, -0.1) is 0 Å². The van der Waals surface area contributed by atoms with E-state index in [1.807, 2.05) is 27.7 Å². The Morgan fingerprint density at radius 2 is 1.86 bits per heavy atom. The van der Waals surface area contributed by atoms with E-state index in [4.69, 9.17) is 10.5 Å². The molecule has 0 bridgehead atoms. The third-order valence-electron chi connectivity index (χ3n) is 3.76. The monoisotopic (exact) mass is 314 g/mol. The summed E-state index contributed by atoms with van der Waals surface area (Å²) >= 11 is 0. The van der Waals surface area contributed by atoms with E-state index in [9.17, 15) is 8.42 Å². The van der Waals surface area contributed by atoms with Crippen LogP contribution in [-0.4, -0.2) is 38.2 Å². The third kappa shape index (κ3) is 4.89. The first-order valence-electron chi connectivity index (χ1n) is 6.98. The molecule has 0 aliphatic heterocycles. The molecule has 0 aliphatic rings. The van der Waals surface area contributed by atoms with Crippen LogP contribution >= 0.6 is 0 Å². The van der Waals surface area contributed by atoms with Crippen molar-refractivity contribution in [1.29, 1.82) is 0 Å². The maximum absolute atomic E-state index is 12.3. The molecular weight excluding hydrogens is 288 g/mol. The first kappa shape index (κ1) is 17.8. The molecule has 1 aromatic carbocycles. The van der Waals surface area contributed by atoms with Gasteiger partial charge in [0.15, 0.2) is 0 Å². The molecule has 6 heteroatoms. The molecule has 0 radical (unpaired) electrons. The van der Waals surface area contributed by atoms with Gasteiger partial charge in [-0.3, -0.25) is 0 Å². The SMILES string of the molecule is CC(N(C)S(=O)(=O)CCOc1ccccc1N)C(C)(C)C. The van der Waals surface area contributed by atoms with Gasteiger partial charge in [0.25, 0.3) is 0 Å². The molecule has 1 unspecified atom stereocenters. The van der Waals surface area contributed by atoms with Crippen LogP contribution in [0.1, 0.15) is 27.7 Å². The van der Waals surface area contributed by atoms with E-state index in [1.54, 1.807) is 31.3 Å². The van der Waals surface area contributed by atoms with E-state index >= 15 is 0 Å². The molecule has 0 fully saturated rings. The number of sulfonamides is 1. The minimum atomic E-state index is -3.36. The number of anilines is 1. The summed E-state index contributed by atoms with van der Waals surface area (Å²) in [5.41, 5.74) is 6.14. The van der Waals surface area contributed by atoms with Crippen molar-refractivity contribution in [2.45, 2.75) is 33.7 Å². The maximum Gasteiger partial charge on any atom is 0.217 e. The smallest absolute Gasteiger partial charge is 0.217 e. The van der Waals surface area contributed by atoms with Crippen LogP contribution in [0.4, 0.5) is 5.69 Å². The lowest BCUT2D eigenvalue weighted by molar-refractivity contribution is 0.215. The van der Waals surface area contributed by atoms with Crippen molar-refractivity contribution >= 4 is 15.7 Å². The van der Waals surface area contributed by atoms with Gasteiger partial charge in [0, 0.05) is 13.1 Å². The van der Waals surface area contributed by atoms with Crippen molar-refractivity contribution in [2.75, 3.05) is 25.1 Å². The van der Waals surface area contributed by atoms with Gasteiger partial charge in [-0.05, 0) is 24.5 Å². The molecule has 0 heterocycles. The number of rotatable bonds is 6. The second-order valence-electron chi connectivity index (χ2n) is 6.26. The van der Waals surface area contributed by atoms with Crippen molar-refractivity contribution in [2.24, 2.45) is 5.41 Å². The van der Waals surface area contributed by atoms with Crippen LogP contribution in [0.2, 0.25) is 0 Å². The zero-order valence-electron chi connectivity index (χ0n) is 13.5. The molecule has 21 heavy (non-hydrogen) atoms. The van der Waals surface area contributed by atoms with E-state index < -0.39 is 10.0 Å². The van der Waals surface area contributed by atoms with E-state index in [0.717, 1.165) is 0 Å². The van der Waals surface area contributed by atoms with Crippen molar-refractivity contribution in [3.8, 4) is 5.75 Å². The van der Waals surface area contributed by atoms with Crippen molar-refractivity contribution in [3.05, 3.63) is 24.3 Å². The average Bonchev–Trinajstić information content (AvgIpc) is 2.38. The highest BCUT2D eigenvalue weighted by Gasteiger charge is 2.31. The van der Waals surface area contributed by atoms with Crippen LogP contribution in [0, 0.1) is 5.41 Å². The van der Waals surface area contributed by atoms with Gasteiger partial charge >= 0.3 is 0 Å². The molecule has 0 aromatic heterocycles. The van der Waals surface area contributed by atoms with E-state index in [-0.39, 0.29) is 23.8 Å². The van der Waals surface area contributed by atoms with Gasteiger partial charge in [-0.25, -0.2) is 12.7 Å². The van der Waals surface area contributed by atoms with Gasteiger partial charge in [0.1, 0.15) is 12.4 Å². The van der Waals surface area contributed by atoms with Gasteiger partial charge in [-0.1, -0.05) is 32.9 Å². The highest BCUT2D eigenvalue weighted by atomic mass is 32.2. The maximum atomic E-state index is 12.3. The Morgan fingerprint density at radius 3 is 2.38 bits per heavy atom. The summed E-state index contributed by atoms with van der Waals surface area (Å²) in [7, 11) is -1.74. The largest absolute Gasteiger partial charge is 0.490 e. The Labute approximate surface area is 128 Å². The lowest BCUT2D eigenvalue weighted by Gasteiger charge is -2.34. The normalized spacial score (nSPS) is 14.2. The van der Waals surface area contributed by atoms with Gasteiger partial charge in [0.05, 0.1) is 11.4 Å². The van der Waals surface area contributed by atoms with Crippen LogP contribution in [0.5, 0.6) is 5.75 Å². The first-order valence-corrected chi connectivity index (χ1v) is 8.59. The quantitative estimate of drug-likeness (QED) is 0.818. The Bertz CT molecular complexity index is 565. The Morgan fingerprint density at radius 1 is 1.29 bits per heavy atom. The van der Waals surface area contributed by atoms with Gasteiger partial charge in [0.2, 0.25) is 10.0 Å². The zero-order chi connectivity index (χ0) is 16.3. The fourth-order valence-corrected chi connectivity index (χ4v) is 3.18. The molecule has 0 amide bonds. The lowest BCUT2D eigenvalue weighted by Crippen LogP contribution is -2.44. The number of nitrogens with two attached hydrogens (primary N) is 1. The Kier molecular flexibility index (Phi) is 5.64. The molecule has 0 aliphatic carbocycles. The van der Waals surface area contributed by atoms with Crippen molar-refractivity contribution < 1.29 is 13.2 Å². The fraction of sp³-hybridized carbons (Fsp3) is 0.600. The fourth-order valence-electron chi connectivity index (χ4n) is 1.80. The van der Waals surface area contributed by atoms with Crippen LogP contribution in [0.15, 0.2) is 24.3 Å². The highest BCUT2D eigenvalue weighted by molar-refractivity contribution is 7.89. The summed E-state index contributed by atoms with van der Waals surface area (Å²) in [6, 6.07) is 6.96. The summed E-state index contributed by atoms with van der Waals surface area (Å²) < 4.78 is 31.5. The molecule has 1 aromatic rings. The lowest BCUT2D eigenvalue weighted by atomic mass is 9.88. The van der Waals surface area contributed by atoms with Crippen LogP contribution < -0.4 is 10.5 Å². The minimum Gasteiger partial charge on any atom is -0.490 e. The minimum absolute atomic E-state index is 0.0712. The molecule has 1 atom stereocenters. The summed E-state index contributed by atoms with van der Waals surface area (Å²) in [5.74, 6) is 0.442. The number of hydrogen-bond acceptors (Lipinski definition) is 4. The Hall–Kier alpha value is -1.27. The first-order chi connectivity index (χ1) is 9.55. The molecule has 5 nitrogen and oxygen atoms in total. The van der Waals surface area contributed by atoms with E-state index in [0.29, 0.717) is 11.4 Å². The summed E-state index contributed by atoms with van der Waals surface area (Å²) in [5, 5.41) is 0. The number of benzene rings is 1. The predicted molar refractivity (Wildman–Crippen MR) is 86.8 cm³/mol. The molecule has 0 spiro atoms. The molecule has 0 saturated carbocycles. The van der Waals surface area contributed by atoms with Crippen molar-refractivity contribution in [3.63, 3.8) is 0 Å². The van der Waals surface area contributed by atoms with E-state index in [2.05, 4.69) is 0 Å². The molecule has 120 valence electrons. The Balaban J connectivity index is 2.64. The third-order valence-corrected chi connectivity index (χ3v) is 5.63. The molecule has 2 N–H and O–H groups in total. The van der Waals surface area contributed by atoms with Crippen LogP contribution in [0.25, 0.3) is 0 Å². The van der Waals surface area contributed by atoms with Crippen LogP contribution in [0.3, 0.4) is 0 Å². The molecule has 0 saturated heterocycles. The molecule has 1 rings (SSSR count). The highest BCUT2D eigenvalue weighted by Crippen LogP contribution is 2.25. The standard InChI is InChI=1S/C15H26N2O3S/c1-12(15(2,3)4)17(5)21(18,19)11-10-20-14-9-7-6-8-13(14)16/h6-9,12H,10-11,16H2,1-5H3. The molecular formula is C15H26N2O3S. The summed E-state index contributed by atoms with van der Waals surface area (Å²) in [4.78, 5) is 0. The number of para-hydroxylation sites is 2. The number of nitrogen functional groups attached to an aromatic ring is 1. The summed E-state index contributed by atoms with van der Waals surface area (Å²) in [6.45, 7) is 8.05. The zero-order valence-corrected chi connectivity index (χ0v) is 14.3. The van der Waals surface area contributed by atoms with Gasteiger partial charge in [-0.2, -0.15) is 0 Å². The van der Waals surface area contributed by atoms with Crippen molar-refractivity contribution in [1.82, 2.24) is 4.31 Å². The summed E-state index contributed by atoms with van der Waals surface area (Å²) in [6.07, 6.45) is 0. The number of ether oxygens (including phenoxy) is 1. The predicted octanol–water partition coefficient (Wildman–Crippen LogP) is 2.34. The second kappa shape index (κ2) is 6.66. The van der Waals surface area contributed by atoms with Gasteiger partial charge < -0.3 is 10.5 Å². The van der Waals surface area contributed by atoms with Crippen LogP contribution in [-0.2, 0) is 10.0 Å².